The van der Waals surface area contributed by atoms with Gasteiger partial charge in [-0.3, -0.25) is 4.98 Å². The van der Waals surface area contributed by atoms with Crippen molar-refractivity contribution in [2.45, 2.75) is 26.3 Å². The number of rotatable bonds is 3. The predicted molar refractivity (Wildman–Crippen MR) is 79.9 cm³/mol. The largest absolute Gasteiger partial charge is 0.307 e. The van der Waals surface area contributed by atoms with Crippen LogP contribution in [0.3, 0.4) is 0 Å². The minimum Gasteiger partial charge on any atom is -0.307 e. The number of imidazole rings is 1. The molecule has 3 aromatic rings. The van der Waals surface area contributed by atoms with Crippen LogP contribution in [0.5, 0.6) is 0 Å². The van der Waals surface area contributed by atoms with Crippen molar-refractivity contribution in [3.8, 4) is 0 Å². The molecule has 0 aliphatic carbocycles. The van der Waals surface area contributed by atoms with Crippen molar-refractivity contribution in [2.75, 3.05) is 0 Å². The molecule has 3 heterocycles. The van der Waals surface area contributed by atoms with Gasteiger partial charge in [0.05, 0.1) is 12.4 Å². The number of alkyl halides is 1. The molecule has 0 aliphatic rings. The zero-order valence-corrected chi connectivity index (χ0v) is 12.2. The van der Waals surface area contributed by atoms with Crippen LogP contribution in [0.2, 0.25) is 0 Å². The number of nitrogens with zero attached hydrogens (tertiary/aromatic N) is 4. The first kappa shape index (κ1) is 13.1. The van der Waals surface area contributed by atoms with E-state index in [9.17, 15) is 0 Å². The SMILES string of the molecule is Cc1ccc2nc(CCl)n(Cc3cnccc3C)c2n1. The van der Waals surface area contributed by atoms with Crippen LogP contribution in [-0.4, -0.2) is 19.5 Å². The molecule has 0 N–H and O–H groups in total. The van der Waals surface area contributed by atoms with Crippen LogP contribution in [0.15, 0.2) is 30.6 Å². The van der Waals surface area contributed by atoms with Gasteiger partial charge in [-0.15, -0.1) is 11.6 Å². The summed E-state index contributed by atoms with van der Waals surface area (Å²) in [6, 6.07) is 5.96. The monoisotopic (exact) mass is 286 g/mol. The van der Waals surface area contributed by atoms with E-state index in [1.54, 1.807) is 6.20 Å². The Kier molecular flexibility index (Phi) is 3.40. The Morgan fingerprint density at radius 2 is 2.00 bits per heavy atom. The Morgan fingerprint density at radius 1 is 1.15 bits per heavy atom. The fourth-order valence-electron chi connectivity index (χ4n) is 2.24. The van der Waals surface area contributed by atoms with E-state index in [0.29, 0.717) is 12.4 Å². The maximum atomic E-state index is 6.02. The van der Waals surface area contributed by atoms with E-state index in [1.165, 1.54) is 5.56 Å². The van der Waals surface area contributed by atoms with Crippen molar-refractivity contribution in [3.63, 3.8) is 0 Å². The van der Waals surface area contributed by atoms with Gasteiger partial charge < -0.3 is 4.57 Å². The van der Waals surface area contributed by atoms with Crippen molar-refractivity contribution >= 4 is 22.8 Å². The van der Waals surface area contributed by atoms with E-state index < -0.39 is 0 Å². The van der Waals surface area contributed by atoms with Gasteiger partial charge in [-0.2, -0.15) is 0 Å². The zero-order valence-electron chi connectivity index (χ0n) is 11.5. The van der Waals surface area contributed by atoms with Crippen molar-refractivity contribution in [2.24, 2.45) is 0 Å². The molecule has 20 heavy (non-hydrogen) atoms. The maximum absolute atomic E-state index is 6.02. The topological polar surface area (TPSA) is 43.6 Å². The number of halogens is 1. The number of aryl methyl sites for hydroxylation is 2. The van der Waals surface area contributed by atoms with Gasteiger partial charge in [-0.05, 0) is 43.2 Å². The fraction of sp³-hybridized carbons (Fsp3) is 0.267. The summed E-state index contributed by atoms with van der Waals surface area (Å²) in [5.41, 5.74) is 5.09. The van der Waals surface area contributed by atoms with Gasteiger partial charge in [0.1, 0.15) is 11.3 Å². The molecule has 4 nitrogen and oxygen atoms in total. The second-order valence-electron chi connectivity index (χ2n) is 4.85. The van der Waals surface area contributed by atoms with Crippen molar-refractivity contribution in [1.29, 1.82) is 0 Å². The van der Waals surface area contributed by atoms with Gasteiger partial charge >= 0.3 is 0 Å². The highest BCUT2D eigenvalue weighted by molar-refractivity contribution is 6.16. The van der Waals surface area contributed by atoms with Gasteiger partial charge in [0.25, 0.3) is 0 Å². The normalized spacial score (nSPS) is 11.2. The Morgan fingerprint density at radius 3 is 2.75 bits per heavy atom. The Balaban J connectivity index is 2.14. The molecule has 0 saturated heterocycles. The van der Waals surface area contributed by atoms with Crippen LogP contribution in [0, 0.1) is 13.8 Å². The van der Waals surface area contributed by atoms with Crippen LogP contribution >= 0.6 is 11.6 Å². The highest BCUT2D eigenvalue weighted by Gasteiger charge is 2.12. The molecule has 0 unspecified atom stereocenters. The second-order valence-corrected chi connectivity index (χ2v) is 5.11. The summed E-state index contributed by atoms with van der Waals surface area (Å²) in [5, 5.41) is 0. The first-order valence-electron chi connectivity index (χ1n) is 6.47. The van der Waals surface area contributed by atoms with Gasteiger partial charge in [-0.25, -0.2) is 9.97 Å². The number of aromatic nitrogens is 4. The summed E-state index contributed by atoms with van der Waals surface area (Å²) in [4.78, 5) is 13.3. The van der Waals surface area contributed by atoms with Crippen LogP contribution in [0.4, 0.5) is 0 Å². The molecule has 0 bridgehead atoms. The van der Waals surface area contributed by atoms with Crippen LogP contribution in [0.25, 0.3) is 11.2 Å². The third-order valence-corrected chi connectivity index (χ3v) is 3.65. The summed E-state index contributed by atoms with van der Waals surface area (Å²) < 4.78 is 2.07. The number of fused-ring (bicyclic) bond motifs is 1. The molecule has 102 valence electrons. The molecule has 0 atom stereocenters. The van der Waals surface area contributed by atoms with Crippen LogP contribution in [0.1, 0.15) is 22.6 Å². The van der Waals surface area contributed by atoms with Crippen molar-refractivity contribution < 1.29 is 0 Å². The van der Waals surface area contributed by atoms with E-state index in [4.69, 9.17) is 11.6 Å². The minimum atomic E-state index is 0.370. The molecule has 0 amide bonds. The van der Waals surface area contributed by atoms with Gasteiger partial charge in [0.2, 0.25) is 0 Å². The van der Waals surface area contributed by atoms with Crippen molar-refractivity contribution in [1.82, 2.24) is 19.5 Å². The molecular formula is C15H15ClN4. The third kappa shape index (κ3) is 2.27. The lowest BCUT2D eigenvalue weighted by Gasteiger charge is -2.09. The number of hydrogen-bond donors (Lipinski definition) is 0. The molecule has 3 rings (SSSR count). The van der Waals surface area contributed by atoms with E-state index in [1.807, 2.05) is 31.3 Å². The molecule has 0 aromatic carbocycles. The van der Waals surface area contributed by atoms with E-state index >= 15 is 0 Å². The lowest BCUT2D eigenvalue weighted by Crippen LogP contribution is -2.06. The summed E-state index contributed by atoms with van der Waals surface area (Å²) >= 11 is 6.02. The molecule has 0 saturated carbocycles. The van der Waals surface area contributed by atoms with Gasteiger partial charge in [-0.1, -0.05) is 0 Å². The molecule has 0 spiro atoms. The third-order valence-electron chi connectivity index (χ3n) is 3.41. The second kappa shape index (κ2) is 5.21. The van der Waals surface area contributed by atoms with Gasteiger partial charge in [0, 0.05) is 18.1 Å². The Labute approximate surface area is 122 Å². The average Bonchev–Trinajstić information content (AvgIpc) is 2.79. The quantitative estimate of drug-likeness (QED) is 0.694. The minimum absolute atomic E-state index is 0.370. The van der Waals surface area contributed by atoms with Gasteiger partial charge in [0.15, 0.2) is 5.65 Å². The average molecular weight is 287 g/mol. The van der Waals surface area contributed by atoms with E-state index in [2.05, 4.69) is 26.4 Å². The maximum Gasteiger partial charge on any atom is 0.160 e. The lowest BCUT2D eigenvalue weighted by molar-refractivity contribution is 0.762. The molecule has 3 aromatic heterocycles. The Bertz CT molecular complexity index is 764. The molecule has 0 radical (unpaired) electrons. The molecule has 0 aliphatic heterocycles. The molecule has 0 fully saturated rings. The fourth-order valence-corrected chi connectivity index (χ4v) is 2.45. The standard InChI is InChI=1S/C15H15ClN4/c1-10-5-6-17-8-12(10)9-20-14(7-16)19-13-4-3-11(2)18-15(13)20/h3-6,8H,7,9H2,1-2H3. The summed E-state index contributed by atoms with van der Waals surface area (Å²) in [6.07, 6.45) is 3.69. The summed E-state index contributed by atoms with van der Waals surface area (Å²) in [7, 11) is 0. The number of hydrogen-bond acceptors (Lipinski definition) is 3. The van der Waals surface area contributed by atoms with Crippen molar-refractivity contribution in [3.05, 3.63) is 53.2 Å². The Hall–Kier alpha value is -1.94. The predicted octanol–water partition coefficient (Wildman–Crippen LogP) is 3.23. The molecular weight excluding hydrogens is 272 g/mol. The first-order valence-corrected chi connectivity index (χ1v) is 7.00. The van der Waals surface area contributed by atoms with Crippen LogP contribution in [-0.2, 0) is 12.4 Å². The number of pyridine rings is 2. The summed E-state index contributed by atoms with van der Waals surface area (Å²) in [5.74, 6) is 1.21. The highest BCUT2D eigenvalue weighted by atomic mass is 35.5. The summed E-state index contributed by atoms with van der Waals surface area (Å²) in [6.45, 7) is 4.75. The molecule has 5 heteroatoms. The van der Waals surface area contributed by atoms with E-state index in [0.717, 1.165) is 28.2 Å². The zero-order chi connectivity index (χ0) is 14.1. The van der Waals surface area contributed by atoms with Crippen LogP contribution < -0.4 is 0 Å². The first-order chi connectivity index (χ1) is 9.69. The highest BCUT2D eigenvalue weighted by Crippen LogP contribution is 2.19. The lowest BCUT2D eigenvalue weighted by atomic mass is 10.1. The smallest absolute Gasteiger partial charge is 0.160 e. The van der Waals surface area contributed by atoms with E-state index in [-0.39, 0.29) is 0 Å².